The molecule has 0 spiro atoms. The monoisotopic (exact) mass is 536 g/mol. The number of nitrogens with one attached hydrogen (secondary N) is 2. The number of hydrogen-bond donors (Lipinski definition) is 4. The molecule has 1 fully saturated rings. The number of halogens is 1. The molecule has 8 nitrogen and oxygen atoms in total. The number of nitrogens with two attached hydrogens (primary N) is 2. The summed E-state index contributed by atoms with van der Waals surface area (Å²) in [6.07, 6.45) is 6.44. The fraction of sp³-hybridized carbons (Fsp3) is 0.276. The summed E-state index contributed by atoms with van der Waals surface area (Å²) in [4.78, 5) is 31.9. The lowest BCUT2D eigenvalue weighted by Crippen LogP contribution is -2.46. The van der Waals surface area contributed by atoms with Crippen molar-refractivity contribution in [3.05, 3.63) is 89.7 Å². The first kappa shape index (κ1) is 30.3. The van der Waals surface area contributed by atoms with E-state index >= 15 is 0 Å². The van der Waals surface area contributed by atoms with Crippen LogP contribution in [-0.2, 0) is 11.2 Å². The van der Waals surface area contributed by atoms with E-state index in [4.69, 9.17) is 16.5 Å². The van der Waals surface area contributed by atoms with Gasteiger partial charge in [-0.25, -0.2) is 0 Å². The first-order valence-electron chi connectivity index (χ1n) is 12.5. The first-order chi connectivity index (χ1) is 17.9. The van der Waals surface area contributed by atoms with Gasteiger partial charge in [-0.1, -0.05) is 32.6 Å². The Morgan fingerprint density at radius 2 is 1.76 bits per heavy atom. The van der Waals surface area contributed by atoms with Crippen LogP contribution in [0.4, 0.5) is 11.4 Å². The number of rotatable bonds is 9. The van der Waals surface area contributed by atoms with Gasteiger partial charge < -0.3 is 27.0 Å². The van der Waals surface area contributed by atoms with E-state index in [-0.39, 0.29) is 24.0 Å². The van der Waals surface area contributed by atoms with E-state index in [9.17, 15) is 9.59 Å². The maximum absolute atomic E-state index is 12.7. The summed E-state index contributed by atoms with van der Waals surface area (Å²) in [5.74, 6) is -0.463. The highest BCUT2D eigenvalue weighted by Gasteiger charge is 2.18. The van der Waals surface area contributed by atoms with Crippen LogP contribution in [-0.4, -0.2) is 48.6 Å². The van der Waals surface area contributed by atoms with Gasteiger partial charge in [-0.3, -0.25) is 14.6 Å². The molecule has 3 rings (SSSR count). The average molecular weight is 537 g/mol. The molecule has 0 radical (unpaired) electrons. The molecule has 0 bridgehead atoms. The number of carbonyl (C=O) groups is 2. The second-order valence-electron chi connectivity index (χ2n) is 8.68. The summed E-state index contributed by atoms with van der Waals surface area (Å²) < 4.78 is 0. The molecule has 0 atom stereocenters. The molecular formula is C29H37ClN6O2. The normalized spacial score (nSPS) is 14.5. The van der Waals surface area contributed by atoms with Crippen LogP contribution in [0.5, 0.6) is 0 Å². The van der Waals surface area contributed by atoms with Crippen LogP contribution in [0.25, 0.3) is 5.70 Å². The number of nitrogens with zero attached hydrogens (tertiary/aromatic N) is 2. The van der Waals surface area contributed by atoms with Crippen molar-refractivity contribution in [2.45, 2.75) is 26.7 Å². The summed E-state index contributed by atoms with van der Waals surface area (Å²) in [6.45, 7) is 10.7. The number of allylic oxidation sites excluding steroid dienone is 3. The predicted octanol–water partition coefficient (Wildman–Crippen LogP) is 4.16. The summed E-state index contributed by atoms with van der Waals surface area (Å²) in [6, 6.07) is 12.6. The molecule has 1 heterocycles. The summed E-state index contributed by atoms with van der Waals surface area (Å²) in [5.41, 5.74) is 17.4. The van der Waals surface area contributed by atoms with Crippen molar-refractivity contribution in [2.24, 2.45) is 10.7 Å². The van der Waals surface area contributed by atoms with Crippen molar-refractivity contribution < 1.29 is 9.59 Å². The van der Waals surface area contributed by atoms with Crippen molar-refractivity contribution >= 4 is 47.0 Å². The van der Waals surface area contributed by atoms with Gasteiger partial charge in [0.05, 0.1) is 11.4 Å². The van der Waals surface area contributed by atoms with Gasteiger partial charge in [-0.2, -0.15) is 0 Å². The highest BCUT2D eigenvalue weighted by Crippen LogP contribution is 2.23. The number of anilines is 2. The number of amides is 2. The predicted molar refractivity (Wildman–Crippen MR) is 159 cm³/mol. The van der Waals surface area contributed by atoms with E-state index in [1.54, 1.807) is 36.4 Å². The number of aliphatic imine (C=N–C) groups is 1. The van der Waals surface area contributed by atoms with Crippen molar-refractivity contribution in [1.29, 1.82) is 0 Å². The highest BCUT2D eigenvalue weighted by molar-refractivity contribution is 6.09. The van der Waals surface area contributed by atoms with Crippen molar-refractivity contribution in [2.75, 3.05) is 37.2 Å². The Morgan fingerprint density at radius 3 is 2.37 bits per heavy atom. The van der Waals surface area contributed by atoms with Gasteiger partial charge in [0.2, 0.25) is 0 Å². The lowest BCUT2D eigenvalue weighted by molar-refractivity contribution is -0.112. The van der Waals surface area contributed by atoms with Gasteiger partial charge in [-0.05, 0) is 67.0 Å². The largest absolute Gasteiger partial charge is 0.399 e. The van der Waals surface area contributed by atoms with Crippen molar-refractivity contribution in [3.63, 3.8) is 0 Å². The number of piperazine rings is 1. The van der Waals surface area contributed by atoms with Gasteiger partial charge in [0, 0.05) is 54.4 Å². The van der Waals surface area contributed by atoms with Crippen LogP contribution in [0.2, 0.25) is 0 Å². The van der Waals surface area contributed by atoms with Gasteiger partial charge in [0.25, 0.3) is 11.8 Å². The maximum Gasteiger partial charge on any atom is 0.271 e. The minimum absolute atomic E-state index is 0. The summed E-state index contributed by atoms with van der Waals surface area (Å²) in [7, 11) is 0. The molecule has 9 heteroatoms. The molecule has 1 aliphatic rings. The minimum atomic E-state index is -0.447. The van der Waals surface area contributed by atoms with E-state index < -0.39 is 5.91 Å². The smallest absolute Gasteiger partial charge is 0.271 e. The minimum Gasteiger partial charge on any atom is -0.399 e. The van der Waals surface area contributed by atoms with Crippen LogP contribution >= 0.6 is 12.4 Å². The van der Waals surface area contributed by atoms with Crippen LogP contribution in [0, 0.1) is 0 Å². The molecule has 2 aromatic rings. The van der Waals surface area contributed by atoms with E-state index in [2.05, 4.69) is 17.2 Å². The Hall–Kier alpha value is -3.88. The Morgan fingerprint density at radius 1 is 1.11 bits per heavy atom. The molecule has 1 aliphatic heterocycles. The fourth-order valence-electron chi connectivity index (χ4n) is 3.94. The molecule has 38 heavy (non-hydrogen) atoms. The van der Waals surface area contributed by atoms with Crippen LogP contribution in [0.1, 0.15) is 41.8 Å². The van der Waals surface area contributed by atoms with Crippen molar-refractivity contribution in [1.82, 2.24) is 10.2 Å². The molecule has 0 aliphatic carbocycles. The zero-order valence-electron chi connectivity index (χ0n) is 22.0. The molecule has 2 amide bonds. The highest BCUT2D eigenvalue weighted by atomic mass is 35.5. The summed E-state index contributed by atoms with van der Waals surface area (Å²) in [5, 5.41) is 6.01. The molecule has 2 aromatic carbocycles. The molecule has 202 valence electrons. The van der Waals surface area contributed by atoms with Gasteiger partial charge in [-0.15, -0.1) is 12.4 Å². The lowest BCUT2D eigenvalue weighted by atomic mass is 10.0. The molecule has 0 saturated carbocycles. The van der Waals surface area contributed by atoms with Crippen molar-refractivity contribution in [3.8, 4) is 0 Å². The molecule has 0 aromatic heterocycles. The number of hydrogen-bond acceptors (Lipinski definition) is 6. The number of carbonyl (C=O) groups excluding carboxylic acids is 2. The van der Waals surface area contributed by atoms with Crippen LogP contribution < -0.4 is 22.1 Å². The van der Waals surface area contributed by atoms with Gasteiger partial charge in [0.15, 0.2) is 0 Å². The van der Waals surface area contributed by atoms with E-state index in [0.29, 0.717) is 42.2 Å². The quantitative estimate of drug-likeness (QED) is 0.166. The van der Waals surface area contributed by atoms with Gasteiger partial charge >= 0.3 is 0 Å². The van der Waals surface area contributed by atoms with Crippen LogP contribution in [0.3, 0.4) is 0 Å². The van der Waals surface area contributed by atoms with Gasteiger partial charge in [0.1, 0.15) is 0 Å². The van der Waals surface area contributed by atoms with Crippen LogP contribution in [0.15, 0.2) is 78.0 Å². The molecule has 0 unspecified atom stereocenters. The molecule has 1 saturated heterocycles. The Kier molecular flexibility index (Phi) is 11.8. The van der Waals surface area contributed by atoms with E-state index in [0.717, 1.165) is 36.3 Å². The second-order valence-corrected chi connectivity index (χ2v) is 8.68. The second kappa shape index (κ2) is 14.8. The Balaban J connectivity index is 0.00000507. The third kappa shape index (κ3) is 8.06. The molecule has 6 N–H and O–H groups in total. The lowest BCUT2D eigenvalue weighted by Gasteiger charge is -2.27. The number of benzene rings is 2. The third-order valence-electron chi connectivity index (χ3n) is 6.10. The standard InChI is InChI=1S/C29H36N6O2.ClH/c1-4-7-27(22-10-13-25(30)20(5-2)18-22)33-23(6-3)19-26(31)28(36)34-24-11-8-21(9-12-24)29(37)35-16-14-32-15-17-35;/h4,7-13,18-19,32H,1,5-6,14-17,30-31H2,2-3H3,(H,34,36);1H/b26-19-,27-7-,33-23+;. The third-order valence-corrected chi connectivity index (χ3v) is 6.10. The zero-order chi connectivity index (χ0) is 26.8. The topological polar surface area (TPSA) is 126 Å². The number of aryl methyl sites for hydroxylation is 1. The first-order valence-corrected chi connectivity index (χ1v) is 12.5. The zero-order valence-corrected chi connectivity index (χ0v) is 22.8. The van der Waals surface area contributed by atoms with E-state index in [1.807, 2.05) is 43.0 Å². The number of nitrogen functional groups attached to an aromatic ring is 1. The Bertz CT molecular complexity index is 1230. The SMILES string of the molecule is C=C\C=C(/N=C(/C=C(\N)C(=O)Nc1ccc(C(=O)N2CCNCC2)cc1)CC)c1ccc(N)c(CC)c1.Cl. The summed E-state index contributed by atoms with van der Waals surface area (Å²) >= 11 is 0. The Labute approximate surface area is 231 Å². The molecular weight excluding hydrogens is 500 g/mol. The fourth-order valence-corrected chi connectivity index (χ4v) is 3.94. The van der Waals surface area contributed by atoms with E-state index in [1.165, 1.54) is 0 Å². The maximum atomic E-state index is 12.7. The average Bonchev–Trinajstić information content (AvgIpc) is 2.93.